The molecule has 0 aliphatic heterocycles. The van der Waals surface area contributed by atoms with Gasteiger partial charge in [0.25, 0.3) is 5.91 Å². The van der Waals surface area contributed by atoms with Gasteiger partial charge in [-0.15, -0.1) is 0 Å². The third kappa shape index (κ3) is 5.10. The highest BCUT2D eigenvalue weighted by Crippen LogP contribution is 2.31. The van der Waals surface area contributed by atoms with Gasteiger partial charge in [0.2, 0.25) is 0 Å². The quantitative estimate of drug-likeness (QED) is 0.225. The lowest BCUT2D eigenvalue weighted by Crippen LogP contribution is -2.14. The maximum Gasteiger partial charge on any atom is 0.267 e. The number of carbonyl (C=O) groups excluding carboxylic acids is 1. The Morgan fingerprint density at radius 3 is 2.42 bits per heavy atom. The van der Waals surface area contributed by atoms with Gasteiger partial charge in [-0.05, 0) is 42.7 Å². The van der Waals surface area contributed by atoms with Crippen LogP contribution in [0.2, 0.25) is 0 Å². The van der Waals surface area contributed by atoms with E-state index in [0.717, 1.165) is 29.1 Å². The SMILES string of the molecule is Cc1nc(-c2cccc(/C=C/C(=O)NO)c2)n([C@H](C)c2ccccc2)c1Cc1ccccc1. The lowest BCUT2D eigenvalue weighted by atomic mass is 10.0. The standard InChI is InChI=1S/C28H27N3O2/c1-20-26(19-22-10-5-3-6-11-22)31(21(2)24-13-7-4-8-14-24)28(29-20)25-15-9-12-23(18-25)16-17-27(32)30-33/h3-18,21,33H,19H2,1-2H3,(H,30,32)/b17-16+/t21-/m1/s1. The highest BCUT2D eigenvalue weighted by Gasteiger charge is 2.21. The molecule has 0 unspecified atom stereocenters. The third-order valence-corrected chi connectivity index (χ3v) is 5.78. The van der Waals surface area contributed by atoms with Crippen LogP contribution in [0.15, 0.2) is 91.0 Å². The summed E-state index contributed by atoms with van der Waals surface area (Å²) < 4.78 is 2.32. The van der Waals surface area contributed by atoms with Crippen molar-refractivity contribution in [3.05, 3.63) is 119 Å². The summed E-state index contributed by atoms with van der Waals surface area (Å²) in [6.07, 6.45) is 3.75. The molecule has 1 amide bonds. The first-order valence-electron chi connectivity index (χ1n) is 11.0. The molecule has 0 aliphatic carbocycles. The fraction of sp³-hybridized carbons (Fsp3) is 0.143. The molecule has 1 atom stereocenters. The molecule has 0 radical (unpaired) electrons. The minimum atomic E-state index is -0.569. The van der Waals surface area contributed by atoms with Crippen molar-refractivity contribution in [2.24, 2.45) is 0 Å². The summed E-state index contributed by atoms with van der Waals surface area (Å²) in [6, 6.07) is 28.8. The fourth-order valence-corrected chi connectivity index (χ4v) is 4.07. The summed E-state index contributed by atoms with van der Waals surface area (Å²) in [4.78, 5) is 16.4. The number of hydrogen-bond donors (Lipinski definition) is 2. The molecule has 1 heterocycles. The average Bonchev–Trinajstić information content (AvgIpc) is 3.19. The number of nitrogens with one attached hydrogen (secondary N) is 1. The number of nitrogens with zero attached hydrogens (tertiary/aromatic N) is 2. The van der Waals surface area contributed by atoms with E-state index in [9.17, 15) is 4.79 Å². The van der Waals surface area contributed by atoms with Crippen LogP contribution in [0, 0.1) is 6.92 Å². The van der Waals surface area contributed by atoms with Crippen LogP contribution >= 0.6 is 0 Å². The van der Waals surface area contributed by atoms with E-state index in [1.165, 1.54) is 22.9 Å². The van der Waals surface area contributed by atoms with Gasteiger partial charge in [0.1, 0.15) is 5.82 Å². The second-order valence-corrected chi connectivity index (χ2v) is 8.02. The van der Waals surface area contributed by atoms with Crippen LogP contribution in [0.4, 0.5) is 0 Å². The van der Waals surface area contributed by atoms with Crippen LogP contribution in [0.3, 0.4) is 0 Å². The Hall–Kier alpha value is -3.96. The first-order valence-corrected chi connectivity index (χ1v) is 11.0. The van der Waals surface area contributed by atoms with Crippen molar-refractivity contribution in [3.8, 4) is 11.4 Å². The van der Waals surface area contributed by atoms with Crippen LogP contribution in [0.25, 0.3) is 17.5 Å². The zero-order chi connectivity index (χ0) is 23.2. The monoisotopic (exact) mass is 437 g/mol. The summed E-state index contributed by atoms with van der Waals surface area (Å²) in [5.74, 6) is 0.317. The van der Waals surface area contributed by atoms with E-state index in [0.29, 0.717) is 0 Å². The Morgan fingerprint density at radius 2 is 1.73 bits per heavy atom. The highest BCUT2D eigenvalue weighted by atomic mass is 16.5. The topological polar surface area (TPSA) is 67.2 Å². The fourth-order valence-electron chi connectivity index (χ4n) is 4.07. The van der Waals surface area contributed by atoms with Gasteiger partial charge in [-0.1, -0.05) is 78.9 Å². The average molecular weight is 438 g/mol. The van der Waals surface area contributed by atoms with Gasteiger partial charge in [0.05, 0.1) is 11.7 Å². The number of carbonyl (C=O) groups is 1. The van der Waals surface area contributed by atoms with Crippen LogP contribution in [0.5, 0.6) is 0 Å². The molecule has 3 aromatic carbocycles. The van der Waals surface area contributed by atoms with Crippen LogP contribution in [-0.4, -0.2) is 20.7 Å². The van der Waals surface area contributed by atoms with E-state index >= 15 is 0 Å². The van der Waals surface area contributed by atoms with Crippen molar-refractivity contribution in [2.45, 2.75) is 26.3 Å². The van der Waals surface area contributed by atoms with E-state index in [1.54, 1.807) is 11.6 Å². The Labute approximate surface area is 194 Å². The Bertz CT molecular complexity index is 1260. The molecule has 0 saturated carbocycles. The predicted molar refractivity (Wildman–Crippen MR) is 131 cm³/mol. The lowest BCUT2D eigenvalue weighted by molar-refractivity contribution is -0.124. The predicted octanol–water partition coefficient (Wildman–Crippen LogP) is 5.58. The van der Waals surface area contributed by atoms with Gasteiger partial charge in [-0.3, -0.25) is 10.0 Å². The molecular formula is C28H27N3O2. The highest BCUT2D eigenvalue weighted by molar-refractivity contribution is 5.91. The molecule has 0 spiro atoms. The molecule has 166 valence electrons. The minimum Gasteiger partial charge on any atom is -0.320 e. The van der Waals surface area contributed by atoms with E-state index in [1.807, 2.05) is 36.4 Å². The molecule has 4 aromatic rings. The Balaban J connectivity index is 1.82. The lowest BCUT2D eigenvalue weighted by Gasteiger charge is -2.21. The van der Waals surface area contributed by atoms with E-state index < -0.39 is 5.91 Å². The zero-order valence-corrected chi connectivity index (χ0v) is 18.8. The van der Waals surface area contributed by atoms with E-state index in [2.05, 4.69) is 66.9 Å². The smallest absolute Gasteiger partial charge is 0.267 e. The molecule has 0 aliphatic rings. The summed E-state index contributed by atoms with van der Waals surface area (Å²) in [5, 5.41) is 8.74. The summed E-state index contributed by atoms with van der Waals surface area (Å²) in [6.45, 7) is 4.26. The van der Waals surface area contributed by atoms with Gasteiger partial charge >= 0.3 is 0 Å². The van der Waals surface area contributed by atoms with E-state index in [-0.39, 0.29) is 6.04 Å². The molecule has 1 aromatic heterocycles. The molecule has 0 fully saturated rings. The maximum atomic E-state index is 11.4. The second-order valence-electron chi connectivity index (χ2n) is 8.02. The summed E-state index contributed by atoms with van der Waals surface area (Å²) in [7, 11) is 0. The number of hydrogen-bond acceptors (Lipinski definition) is 3. The van der Waals surface area contributed by atoms with Gasteiger partial charge < -0.3 is 4.57 Å². The number of amides is 1. The van der Waals surface area contributed by atoms with Crippen molar-refractivity contribution in [1.29, 1.82) is 0 Å². The summed E-state index contributed by atoms with van der Waals surface area (Å²) >= 11 is 0. The van der Waals surface area contributed by atoms with Gasteiger partial charge in [-0.25, -0.2) is 10.5 Å². The first kappa shape index (κ1) is 22.2. The number of aryl methyl sites for hydroxylation is 1. The molecule has 2 N–H and O–H groups in total. The largest absolute Gasteiger partial charge is 0.320 e. The van der Waals surface area contributed by atoms with Gasteiger partial charge in [0.15, 0.2) is 0 Å². The third-order valence-electron chi connectivity index (χ3n) is 5.78. The number of imidazole rings is 1. The van der Waals surface area contributed by atoms with Crippen molar-refractivity contribution >= 4 is 12.0 Å². The second kappa shape index (κ2) is 10.1. The van der Waals surface area contributed by atoms with E-state index in [4.69, 9.17) is 10.2 Å². The van der Waals surface area contributed by atoms with Crippen molar-refractivity contribution in [2.75, 3.05) is 0 Å². The minimum absolute atomic E-state index is 0.0838. The molecule has 0 bridgehead atoms. The van der Waals surface area contributed by atoms with Crippen LogP contribution in [0.1, 0.15) is 41.0 Å². The molecule has 33 heavy (non-hydrogen) atoms. The van der Waals surface area contributed by atoms with Crippen molar-refractivity contribution in [1.82, 2.24) is 15.0 Å². The Morgan fingerprint density at radius 1 is 1.03 bits per heavy atom. The molecular weight excluding hydrogens is 410 g/mol. The number of rotatable bonds is 7. The molecule has 0 saturated heterocycles. The molecule has 5 heteroatoms. The van der Waals surface area contributed by atoms with Crippen LogP contribution in [-0.2, 0) is 11.2 Å². The number of aromatic nitrogens is 2. The van der Waals surface area contributed by atoms with Crippen molar-refractivity contribution < 1.29 is 10.0 Å². The Kier molecular flexibility index (Phi) is 6.81. The number of benzene rings is 3. The molecule has 4 rings (SSSR count). The zero-order valence-electron chi connectivity index (χ0n) is 18.8. The number of hydroxylamine groups is 1. The summed E-state index contributed by atoms with van der Waals surface area (Å²) in [5.41, 5.74) is 8.04. The van der Waals surface area contributed by atoms with Gasteiger partial charge in [-0.2, -0.15) is 0 Å². The van der Waals surface area contributed by atoms with Crippen molar-refractivity contribution in [3.63, 3.8) is 0 Å². The normalized spacial score (nSPS) is 12.1. The maximum absolute atomic E-state index is 11.4. The molecule has 5 nitrogen and oxygen atoms in total. The first-order chi connectivity index (χ1) is 16.1. The van der Waals surface area contributed by atoms with Crippen LogP contribution < -0.4 is 5.48 Å². The van der Waals surface area contributed by atoms with Gasteiger partial charge in [0, 0.05) is 23.8 Å².